The Balaban J connectivity index is 1.22. The topological polar surface area (TPSA) is 3.24 Å². The molecular weight excluding hydrogens is 687 g/mol. The van der Waals surface area contributed by atoms with Crippen molar-refractivity contribution in [2.75, 3.05) is 4.90 Å². The zero-order valence-corrected chi connectivity index (χ0v) is 33.5. The summed E-state index contributed by atoms with van der Waals surface area (Å²) in [5.41, 5.74) is 26.8. The molecule has 1 spiro atoms. The molecule has 8 aromatic rings. The average molecular weight is 732 g/mol. The quantitative estimate of drug-likeness (QED) is 0.174. The molecule has 0 fully saturated rings. The standard InChI is InChI=1S/C56H45N/c1-34-16-24-44-45-25-17-35(2)29-50(45)56(49(44)28-34)51-30-36(3)18-26-46(51)54-52(56)31-37(4)32-53(54)57(40-21-19-39(20-22-40)38-12-8-7-9-13-38)41-23-27-43-42-14-10-11-15-47(42)55(5,6)48(43)33-41/h7-33H,1-6H3. The summed E-state index contributed by atoms with van der Waals surface area (Å²) in [6.45, 7) is 13.8. The molecule has 0 aliphatic heterocycles. The average Bonchev–Trinajstić information content (AvgIpc) is 3.75. The maximum atomic E-state index is 2.55. The van der Waals surface area contributed by atoms with E-state index in [9.17, 15) is 0 Å². The molecule has 0 atom stereocenters. The monoisotopic (exact) mass is 731 g/mol. The number of hydrogen-bond acceptors (Lipinski definition) is 1. The summed E-state index contributed by atoms with van der Waals surface area (Å²) in [6, 6.07) is 62.4. The Labute approximate surface area is 336 Å². The van der Waals surface area contributed by atoms with Crippen LogP contribution in [0, 0.1) is 27.7 Å². The molecule has 1 heteroatoms. The van der Waals surface area contributed by atoms with Crippen LogP contribution in [0.15, 0.2) is 164 Å². The summed E-state index contributed by atoms with van der Waals surface area (Å²) in [4.78, 5) is 2.55. The van der Waals surface area contributed by atoms with Crippen molar-refractivity contribution >= 4 is 17.1 Å². The van der Waals surface area contributed by atoms with Gasteiger partial charge < -0.3 is 4.90 Å². The Hall–Kier alpha value is -6.44. The van der Waals surface area contributed by atoms with Gasteiger partial charge in [-0.25, -0.2) is 0 Å². The highest BCUT2D eigenvalue weighted by molar-refractivity contribution is 6.02. The minimum absolute atomic E-state index is 0.125. The van der Waals surface area contributed by atoms with Crippen molar-refractivity contribution < 1.29 is 0 Å². The van der Waals surface area contributed by atoms with Crippen molar-refractivity contribution in [1.29, 1.82) is 0 Å². The molecule has 0 radical (unpaired) electrons. The third-order valence-electron chi connectivity index (χ3n) is 13.3. The van der Waals surface area contributed by atoms with E-state index in [0.29, 0.717) is 0 Å². The first-order valence-corrected chi connectivity index (χ1v) is 20.3. The highest BCUT2D eigenvalue weighted by Gasteiger charge is 2.53. The van der Waals surface area contributed by atoms with Gasteiger partial charge in [0.2, 0.25) is 0 Å². The first-order valence-electron chi connectivity index (χ1n) is 20.3. The normalized spacial score (nSPS) is 14.4. The summed E-state index contributed by atoms with van der Waals surface area (Å²) >= 11 is 0. The lowest BCUT2D eigenvalue weighted by atomic mass is 9.69. The number of benzene rings is 8. The molecule has 0 heterocycles. The zero-order chi connectivity index (χ0) is 38.8. The third-order valence-corrected chi connectivity index (χ3v) is 13.3. The lowest BCUT2D eigenvalue weighted by Gasteiger charge is -2.33. The Kier molecular flexibility index (Phi) is 7.15. The lowest BCUT2D eigenvalue weighted by Crippen LogP contribution is -2.26. The number of anilines is 3. The molecule has 0 aromatic heterocycles. The van der Waals surface area contributed by atoms with Gasteiger partial charge in [-0.05, 0) is 136 Å². The molecular formula is C56H45N. The maximum Gasteiger partial charge on any atom is 0.0726 e. The van der Waals surface area contributed by atoms with E-state index in [1.807, 2.05) is 0 Å². The minimum Gasteiger partial charge on any atom is -0.310 e. The summed E-state index contributed by atoms with van der Waals surface area (Å²) in [7, 11) is 0. The number of nitrogens with zero attached hydrogens (tertiary/aromatic N) is 1. The molecule has 1 nitrogen and oxygen atoms in total. The van der Waals surface area contributed by atoms with Crippen LogP contribution in [-0.2, 0) is 10.8 Å². The van der Waals surface area contributed by atoms with Gasteiger partial charge in [0.25, 0.3) is 0 Å². The van der Waals surface area contributed by atoms with E-state index in [-0.39, 0.29) is 5.41 Å². The van der Waals surface area contributed by atoms with Crippen molar-refractivity contribution in [2.24, 2.45) is 0 Å². The molecule has 8 aromatic carbocycles. The molecule has 0 saturated carbocycles. The molecule has 57 heavy (non-hydrogen) atoms. The summed E-state index contributed by atoms with van der Waals surface area (Å²) in [6.07, 6.45) is 0. The first-order chi connectivity index (χ1) is 27.6. The summed E-state index contributed by atoms with van der Waals surface area (Å²) < 4.78 is 0. The molecule has 11 rings (SSSR count). The van der Waals surface area contributed by atoms with Crippen LogP contribution in [0.25, 0.3) is 44.5 Å². The number of rotatable bonds is 4. The molecule has 3 aliphatic carbocycles. The molecule has 0 bridgehead atoms. The van der Waals surface area contributed by atoms with Crippen molar-refractivity contribution in [1.82, 2.24) is 0 Å². The fraction of sp³-hybridized carbons (Fsp3) is 0.143. The van der Waals surface area contributed by atoms with Crippen LogP contribution in [0.1, 0.15) is 69.5 Å². The molecule has 3 aliphatic rings. The first kappa shape index (κ1) is 33.9. The smallest absolute Gasteiger partial charge is 0.0726 e. The van der Waals surface area contributed by atoms with E-state index in [1.54, 1.807) is 0 Å². The lowest BCUT2D eigenvalue weighted by molar-refractivity contribution is 0.660. The van der Waals surface area contributed by atoms with Crippen LogP contribution in [0.3, 0.4) is 0 Å². The molecule has 0 N–H and O–H groups in total. The van der Waals surface area contributed by atoms with Gasteiger partial charge in [0.1, 0.15) is 0 Å². The molecule has 0 amide bonds. The summed E-state index contributed by atoms with van der Waals surface area (Å²) in [5, 5.41) is 0. The maximum absolute atomic E-state index is 2.55. The highest BCUT2D eigenvalue weighted by atomic mass is 15.1. The van der Waals surface area contributed by atoms with E-state index < -0.39 is 5.41 Å². The van der Waals surface area contributed by atoms with Crippen LogP contribution >= 0.6 is 0 Å². The predicted octanol–water partition coefficient (Wildman–Crippen LogP) is 14.7. The van der Waals surface area contributed by atoms with Crippen LogP contribution in [0.2, 0.25) is 0 Å². The van der Waals surface area contributed by atoms with Gasteiger partial charge in [0.15, 0.2) is 0 Å². The fourth-order valence-corrected chi connectivity index (χ4v) is 10.7. The minimum atomic E-state index is -0.440. The third kappa shape index (κ3) is 4.69. The second kappa shape index (κ2) is 12.0. The largest absolute Gasteiger partial charge is 0.310 e. The Morgan fingerprint density at radius 2 is 0.842 bits per heavy atom. The van der Waals surface area contributed by atoms with Crippen molar-refractivity contribution in [3.63, 3.8) is 0 Å². The van der Waals surface area contributed by atoms with Gasteiger partial charge in [-0.3, -0.25) is 0 Å². The van der Waals surface area contributed by atoms with Crippen molar-refractivity contribution in [3.8, 4) is 44.5 Å². The van der Waals surface area contributed by atoms with E-state index in [0.717, 1.165) is 5.69 Å². The number of aryl methyl sites for hydroxylation is 4. The molecule has 0 saturated heterocycles. The second-order valence-electron chi connectivity index (χ2n) is 17.3. The second-order valence-corrected chi connectivity index (χ2v) is 17.3. The summed E-state index contributed by atoms with van der Waals surface area (Å²) in [5.74, 6) is 0. The van der Waals surface area contributed by atoms with E-state index >= 15 is 0 Å². The van der Waals surface area contributed by atoms with Crippen LogP contribution in [0.5, 0.6) is 0 Å². The van der Waals surface area contributed by atoms with Gasteiger partial charge in [0.05, 0.1) is 11.1 Å². The van der Waals surface area contributed by atoms with E-state index in [1.165, 1.54) is 112 Å². The van der Waals surface area contributed by atoms with Gasteiger partial charge in [-0.2, -0.15) is 0 Å². The number of fused-ring (bicyclic) bond motifs is 13. The Morgan fingerprint density at radius 1 is 0.351 bits per heavy atom. The van der Waals surface area contributed by atoms with Crippen LogP contribution in [0.4, 0.5) is 17.1 Å². The van der Waals surface area contributed by atoms with Gasteiger partial charge >= 0.3 is 0 Å². The Bertz CT molecular complexity index is 2910. The van der Waals surface area contributed by atoms with Gasteiger partial charge in [-0.1, -0.05) is 164 Å². The predicted molar refractivity (Wildman–Crippen MR) is 239 cm³/mol. The van der Waals surface area contributed by atoms with Crippen molar-refractivity contribution in [2.45, 2.75) is 52.4 Å². The van der Waals surface area contributed by atoms with Crippen LogP contribution < -0.4 is 4.90 Å². The molecule has 0 unspecified atom stereocenters. The number of hydrogen-bond donors (Lipinski definition) is 0. The SMILES string of the molecule is Cc1ccc2c(c1)C1(c3cc(C)ccc3-2)c2cc(C)ccc2-c2c(N(c3ccc(-c4ccccc4)cc3)c3ccc4c(c3)C(C)(C)c3ccccc3-4)cc(C)cc21. The zero-order valence-electron chi connectivity index (χ0n) is 33.5. The van der Waals surface area contributed by atoms with Crippen molar-refractivity contribution in [3.05, 3.63) is 219 Å². The van der Waals surface area contributed by atoms with E-state index in [4.69, 9.17) is 0 Å². The highest BCUT2D eigenvalue weighted by Crippen LogP contribution is 2.65. The van der Waals surface area contributed by atoms with E-state index in [2.05, 4.69) is 210 Å². The van der Waals surface area contributed by atoms with Gasteiger partial charge in [0, 0.05) is 22.4 Å². The fourth-order valence-electron chi connectivity index (χ4n) is 10.7. The van der Waals surface area contributed by atoms with Crippen LogP contribution in [-0.4, -0.2) is 0 Å². The molecule has 274 valence electrons. The Morgan fingerprint density at radius 3 is 1.51 bits per heavy atom. The van der Waals surface area contributed by atoms with Gasteiger partial charge in [-0.15, -0.1) is 0 Å².